The summed E-state index contributed by atoms with van der Waals surface area (Å²) in [7, 11) is 0. The van der Waals surface area contributed by atoms with Gasteiger partial charge in [-0.3, -0.25) is 14.7 Å². The number of anilines is 4. The van der Waals surface area contributed by atoms with Gasteiger partial charge in [0, 0.05) is 45.4 Å². The first-order chi connectivity index (χ1) is 19.0. The Balaban J connectivity index is 1.25. The summed E-state index contributed by atoms with van der Waals surface area (Å²) in [6.45, 7) is 4.41. The van der Waals surface area contributed by atoms with E-state index in [2.05, 4.69) is 25.6 Å². The number of ether oxygens (including phenoxy) is 1. The number of amides is 1. The zero-order chi connectivity index (χ0) is 27.0. The highest BCUT2D eigenvalue weighted by Crippen LogP contribution is 2.44. The molecule has 10 nitrogen and oxygen atoms in total. The average Bonchev–Trinajstić information content (AvgIpc) is 3.56. The molecule has 5 heterocycles. The largest absolute Gasteiger partial charge is 0.381 e. The van der Waals surface area contributed by atoms with E-state index < -0.39 is 23.4 Å². The van der Waals surface area contributed by atoms with Crippen LogP contribution in [0.2, 0.25) is 0 Å². The molecule has 4 aliphatic rings. The Morgan fingerprint density at radius 2 is 1.87 bits per heavy atom. The Bertz CT molecular complexity index is 1180. The van der Waals surface area contributed by atoms with Crippen molar-refractivity contribution in [2.24, 2.45) is 0 Å². The van der Waals surface area contributed by atoms with Gasteiger partial charge in [0.2, 0.25) is 0 Å². The van der Waals surface area contributed by atoms with Crippen LogP contribution < -0.4 is 21.3 Å². The Morgan fingerprint density at radius 3 is 2.59 bits per heavy atom. The lowest BCUT2D eigenvalue weighted by atomic mass is 9.79. The predicted octanol–water partition coefficient (Wildman–Crippen LogP) is 3.37. The normalized spacial score (nSPS) is 25.5. The van der Waals surface area contributed by atoms with Gasteiger partial charge in [0.05, 0.1) is 30.2 Å². The monoisotopic (exact) mass is 544 g/mol. The molecule has 1 unspecified atom stereocenters. The van der Waals surface area contributed by atoms with E-state index in [4.69, 9.17) is 10.5 Å². The summed E-state index contributed by atoms with van der Waals surface area (Å²) in [4.78, 5) is 22.0. The van der Waals surface area contributed by atoms with E-state index in [0.29, 0.717) is 43.5 Å². The molecule has 4 N–H and O–H groups in total. The number of hydrogen-bond donors (Lipinski definition) is 3. The number of nitrogens with zero attached hydrogens (tertiary/aromatic N) is 5. The second-order valence-corrected chi connectivity index (χ2v) is 11.3. The van der Waals surface area contributed by atoms with Gasteiger partial charge < -0.3 is 26.0 Å². The van der Waals surface area contributed by atoms with Gasteiger partial charge in [0.25, 0.3) is 5.91 Å². The Morgan fingerprint density at radius 1 is 1.13 bits per heavy atom. The molecule has 1 amide bonds. The number of pyridine rings is 1. The molecular weight excluding hydrogens is 506 g/mol. The van der Waals surface area contributed by atoms with E-state index in [1.807, 2.05) is 4.90 Å². The number of rotatable bonds is 4. The van der Waals surface area contributed by atoms with Gasteiger partial charge >= 0.3 is 0 Å². The maximum Gasteiger partial charge on any atom is 0.263 e. The van der Waals surface area contributed by atoms with Crippen LogP contribution in [0.3, 0.4) is 0 Å². The summed E-state index contributed by atoms with van der Waals surface area (Å²) in [5.41, 5.74) is 6.22. The Kier molecular flexibility index (Phi) is 7.32. The molecule has 12 heteroatoms. The lowest BCUT2D eigenvalue weighted by Crippen LogP contribution is -2.51. The molecule has 0 radical (unpaired) electrons. The fourth-order valence-electron chi connectivity index (χ4n) is 6.84. The van der Waals surface area contributed by atoms with Crippen LogP contribution in [-0.4, -0.2) is 83.7 Å². The number of aromatic nitrogens is 3. The molecule has 39 heavy (non-hydrogen) atoms. The molecule has 3 fully saturated rings. The van der Waals surface area contributed by atoms with Crippen molar-refractivity contribution in [3.8, 4) is 0 Å². The highest BCUT2D eigenvalue weighted by atomic mass is 19.1. The fourth-order valence-corrected chi connectivity index (χ4v) is 6.84. The van der Waals surface area contributed by atoms with Crippen LogP contribution >= 0.6 is 0 Å². The minimum Gasteiger partial charge on any atom is -0.381 e. The van der Waals surface area contributed by atoms with Crippen molar-refractivity contribution in [2.75, 3.05) is 67.2 Å². The fraction of sp³-hybridized carbons (Fsp3) is 0.667. The second kappa shape index (κ2) is 10.9. The third kappa shape index (κ3) is 4.82. The highest BCUT2D eigenvalue weighted by Gasteiger charge is 2.47. The van der Waals surface area contributed by atoms with E-state index >= 15 is 8.78 Å². The van der Waals surface area contributed by atoms with Gasteiger partial charge in [-0.2, -0.15) is 5.10 Å². The molecule has 1 spiro atoms. The van der Waals surface area contributed by atoms with Crippen molar-refractivity contribution < 1.29 is 18.3 Å². The van der Waals surface area contributed by atoms with Crippen LogP contribution in [0.5, 0.6) is 0 Å². The molecule has 2 saturated heterocycles. The number of piperazine rings is 1. The van der Waals surface area contributed by atoms with Crippen LogP contribution in [0.4, 0.5) is 31.8 Å². The number of nitrogens with one attached hydrogen (secondary N) is 2. The Labute approximate surface area is 227 Å². The van der Waals surface area contributed by atoms with E-state index in [1.54, 1.807) is 4.68 Å². The van der Waals surface area contributed by atoms with Crippen molar-refractivity contribution in [1.82, 2.24) is 19.7 Å². The Hall–Kier alpha value is -2.99. The number of alkyl halides is 1. The number of hydrogen-bond acceptors (Lipinski definition) is 8. The van der Waals surface area contributed by atoms with Crippen molar-refractivity contribution in [2.45, 2.75) is 69.1 Å². The van der Waals surface area contributed by atoms with Crippen molar-refractivity contribution >= 4 is 28.9 Å². The van der Waals surface area contributed by atoms with Crippen LogP contribution in [-0.2, 0) is 10.3 Å². The third-order valence-electron chi connectivity index (χ3n) is 8.99. The van der Waals surface area contributed by atoms with Crippen molar-refractivity contribution in [3.63, 3.8) is 0 Å². The first-order valence-corrected chi connectivity index (χ1v) is 14.3. The van der Waals surface area contributed by atoms with Gasteiger partial charge in [0.1, 0.15) is 23.2 Å². The first-order valence-electron chi connectivity index (χ1n) is 14.3. The summed E-state index contributed by atoms with van der Waals surface area (Å²) < 4.78 is 37.8. The molecule has 212 valence electrons. The van der Waals surface area contributed by atoms with Crippen LogP contribution in [0.15, 0.2) is 12.4 Å². The smallest absolute Gasteiger partial charge is 0.263 e. The first kappa shape index (κ1) is 26.2. The van der Waals surface area contributed by atoms with Crippen LogP contribution in [0.25, 0.3) is 0 Å². The number of carbonyl (C=O) groups is 1. The van der Waals surface area contributed by atoms with E-state index in [-0.39, 0.29) is 23.6 Å². The predicted molar refractivity (Wildman–Crippen MR) is 145 cm³/mol. The minimum atomic E-state index is -1.13. The molecule has 1 saturated carbocycles. The average molecular weight is 545 g/mol. The quantitative estimate of drug-likeness (QED) is 0.537. The van der Waals surface area contributed by atoms with E-state index in [9.17, 15) is 4.79 Å². The topological polar surface area (TPSA) is 114 Å². The molecule has 0 aromatic carbocycles. The molecule has 2 atom stereocenters. The molecule has 2 aromatic rings. The molecule has 1 aliphatic carbocycles. The van der Waals surface area contributed by atoms with Crippen LogP contribution in [0.1, 0.15) is 61.7 Å². The molecular formula is C27H38F2N8O2. The molecule has 0 bridgehead atoms. The summed E-state index contributed by atoms with van der Waals surface area (Å²) in [5.74, 6) is -0.557. The number of nitrogens with two attached hydrogens (primary N) is 1. The summed E-state index contributed by atoms with van der Waals surface area (Å²) in [5, 5.41) is 10.4. The van der Waals surface area contributed by atoms with Gasteiger partial charge in [-0.25, -0.2) is 13.5 Å². The minimum absolute atomic E-state index is 0.0313. The highest BCUT2D eigenvalue weighted by molar-refractivity contribution is 6.12. The third-order valence-corrected chi connectivity index (χ3v) is 8.99. The van der Waals surface area contributed by atoms with E-state index in [1.165, 1.54) is 12.4 Å². The lowest BCUT2D eigenvalue weighted by molar-refractivity contribution is 0.0691. The lowest BCUT2D eigenvalue weighted by Gasteiger charge is -2.42. The second-order valence-electron chi connectivity index (χ2n) is 11.3. The van der Waals surface area contributed by atoms with Crippen LogP contribution in [0, 0.1) is 5.82 Å². The molecule has 3 aliphatic heterocycles. The molecule has 6 rings (SSSR count). The zero-order valence-corrected chi connectivity index (χ0v) is 22.3. The SMILES string of the molecule is Nc1nn2c(c1C(=O)Nc1cncc(F)c1N1CCN([C@H]3CCOC3)CC1)NCC(F)C21CCCCCCC1. The summed E-state index contributed by atoms with van der Waals surface area (Å²) in [6, 6.07) is 0.405. The van der Waals surface area contributed by atoms with Crippen molar-refractivity contribution in [3.05, 3.63) is 23.8 Å². The molecule has 2 aromatic heterocycles. The van der Waals surface area contributed by atoms with Gasteiger partial charge in [-0.05, 0) is 19.3 Å². The number of fused-ring (bicyclic) bond motifs is 2. The van der Waals surface area contributed by atoms with Crippen molar-refractivity contribution in [1.29, 1.82) is 0 Å². The van der Waals surface area contributed by atoms with Gasteiger partial charge in [-0.15, -0.1) is 0 Å². The number of carbonyl (C=O) groups excluding carboxylic acids is 1. The standard InChI is InChI=1S/C27H38F2N8O2/c28-19-14-31-15-20(23(19)36-11-9-35(10-12-36)18-6-13-39-17-18)33-26(38)22-24(30)34-37-25(22)32-16-21(29)27(37)7-4-2-1-3-5-8-27/h14-15,18,21,32H,1-13,16-17H2,(H2,30,34)(H,33,38)/t18-,21?/m0/s1. The maximum absolute atomic E-state index is 15.5. The van der Waals surface area contributed by atoms with Gasteiger partial charge in [0.15, 0.2) is 11.6 Å². The summed E-state index contributed by atoms with van der Waals surface area (Å²) in [6.07, 6.45) is 8.89. The number of nitrogen functional groups attached to an aromatic ring is 1. The van der Waals surface area contributed by atoms with Gasteiger partial charge in [-0.1, -0.05) is 32.1 Å². The summed E-state index contributed by atoms with van der Waals surface area (Å²) >= 11 is 0. The maximum atomic E-state index is 15.5. The van der Waals surface area contributed by atoms with E-state index in [0.717, 1.165) is 64.8 Å². The number of halogens is 2. The zero-order valence-electron chi connectivity index (χ0n) is 22.3.